The number of nitrogens with zero attached hydrogens (tertiary/aromatic N) is 1. The number of aliphatic hydroxyl groups excluding tert-OH is 4. The molecule has 1 saturated heterocycles. The number of rotatable bonds is 47. The molecule has 105 heavy (non-hydrogen) atoms. The van der Waals surface area contributed by atoms with Crippen molar-refractivity contribution < 1.29 is 112 Å². The number of carboxylic acids is 1. The minimum Gasteiger partial charge on any atom is -0.508 e. The lowest BCUT2D eigenvalue weighted by molar-refractivity contribution is -0.142. The molecule has 16 amide bonds. The Morgan fingerprint density at radius 2 is 0.905 bits per heavy atom. The van der Waals surface area contributed by atoms with Gasteiger partial charge in [-0.2, -0.15) is 25.3 Å². The van der Waals surface area contributed by atoms with Crippen LogP contribution in [0.3, 0.4) is 0 Å². The molecule has 1 aliphatic heterocycles. The Labute approximate surface area is 615 Å². The molecule has 0 saturated carbocycles. The Morgan fingerprint density at radius 3 is 1.36 bits per heavy atom. The van der Waals surface area contributed by atoms with Crippen LogP contribution in [0, 0.1) is 17.8 Å². The van der Waals surface area contributed by atoms with Gasteiger partial charge in [0, 0.05) is 37.3 Å². The highest BCUT2D eigenvalue weighted by Gasteiger charge is 2.40. The Balaban J connectivity index is 2.38. The quantitative estimate of drug-likeness (QED) is 0.0270. The zero-order valence-electron chi connectivity index (χ0n) is 59.0. The fourth-order valence-corrected chi connectivity index (χ4v) is 10.7. The lowest BCUT2D eigenvalue weighted by atomic mass is 9.97. The molecule has 588 valence electrons. The summed E-state index contributed by atoms with van der Waals surface area (Å²) in [5.74, 6) is -20.5. The monoisotopic (exact) mass is 1530 g/mol. The Hall–Kier alpha value is -9.49. The van der Waals surface area contributed by atoms with E-state index in [0.717, 1.165) is 0 Å². The molecule has 42 heteroatoms. The van der Waals surface area contributed by atoms with E-state index in [9.17, 15) is 112 Å². The molecule has 25 N–H and O–H groups in total. The zero-order valence-corrected chi connectivity index (χ0v) is 60.8. The molecule has 0 unspecified atom stereocenters. The largest absolute Gasteiger partial charge is 0.508 e. The number of phenols is 1. The second kappa shape index (κ2) is 46.4. The zero-order chi connectivity index (χ0) is 79.5. The van der Waals surface area contributed by atoms with E-state index in [1.165, 1.54) is 29.2 Å². The Bertz CT molecular complexity index is 3210. The number of phenolic OH excluding ortho intramolecular Hbond substituents is 1. The number of aromatic hydroxyl groups is 1. The number of hydrogen-bond acceptors (Lipinski definition) is 25. The van der Waals surface area contributed by atoms with Crippen molar-refractivity contribution in [2.45, 2.75) is 178 Å². The number of primary amides is 2. The molecule has 0 spiro atoms. The van der Waals surface area contributed by atoms with Gasteiger partial charge in [0.25, 0.3) is 0 Å². The predicted octanol–water partition coefficient (Wildman–Crippen LogP) is -9.99. The number of amides is 16. The van der Waals surface area contributed by atoms with Crippen LogP contribution in [0.4, 0.5) is 0 Å². The molecule has 1 fully saturated rings. The summed E-state index contributed by atoms with van der Waals surface area (Å²) < 4.78 is 0. The van der Waals surface area contributed by atoms with Crippen molar-refractivity contribution in [1.29, 1.82) is 0 Å². The van der Waals surface area contributed by atoms with Gasteiger partial charge >= 0.3 is 5.97 Å². The van der Waals surface area contributed by atoms with Crippen LogP contribution < -0.4 is 86.3 Å². The van der Waals surface area contributed by atoms with Crippen LogP contribution in [-0.2, 0) is 87.9 Å². The maximum Gasteiger partial charge on any atom is 0.327 e. The van der Waals surface area contributed by atoms with Crippen molar-refractivity contribution in [1.82, 2.24) is 74.0 Å². The Kier molecular flexibility index (Phi) is 40.4. The highest BCUT2D eigenvalue weighted by Crippen LogP contribution is 2.19. The second-order valence-corrected chi connectivity index (χ2v) is 26.1. The van der Waals surface area contributed by atoms with Crippen LogP contribution >= 0.6 is 25.3 Å². The maximum absolute atomic E-state index is 14.6. The molecule has 0 radical (unpaired) electrons. The number of nitrogens with one attached hydrogen (secondary N) is 13. The van der Waals surface area contributed by atoms with Gasteiger partial charge in [-0.3, -0.25) is 76.7 Å². The fourth-order valence-electron chi connectivity index (χ4n) is 10.2. The first-order valence-corrected chi connectivity index (χ1v) is 34.8. The topological polar surface area (TPSA) is 649 Å². The number of carbonyl (C=O) groups is 17. The normalized spacial score (nSPS) is 16.3. The van der Waals surface area contributed by atoms with E-state index in [4.69, 9.17) is 17.2 Å². The number of thiol groups is 2. The van der Waals surface area contributed by atoms with E-state index >= 15 is 0 Å². The highest BCUT2D eigenvalue weighted by molar-refractivity contribution is 7.80. The molecule has 1 aliphatic rings. The van der Waals surface area contributed by atoms with E-state index in [-0.39, 0.29) is 56.0 Å². The number of likely N-dealkylation sites (tertiary alicyclic amines) is 1. The van der Waals surface area contributed by atoms with Crippen LogP contribution in [-0.4, -0.2) is 272 Å². The van der Waals surface area contributed by atoms with Crippen LogP contribution in [0.5, 0.6) is 5.75 Å². The number of nitrogens with two attached hydrogens (primary N) is 3. The molecule has 40 nitrogen and oxygen atoms in total. The summed E-state index contributed by atoms with van der Waals surface area (Å²) >= 11 is 8.16. The van der Waals surface area contributed by atoms with Crippen LogP contribution in [0.1, 0.15) is 98.5 Å². The smallest absolute Gasteiger partial charge is 0.327 e. The number of aliphatic carboxylic acids is 1. The molecule has 0 aromatic heterocycles. The van der Waals surface area contributed by atoms with Gasteiger partial charge < -0.3 is 122 Å². The van der Waals surface area contributed by atoms with E-state index in [0.29, 0.717) is 12.0 Å². The number of carbonyl (C=O) groups excluding carboxylic acids is 16. The molecule has 0 aliphatic carbocycles. The first-order valence-electron chi connectivity index (χ1n) is 33.6. The molecule has 14 atom stereocenters. The third kappa shape index (κ3) is 31.0. The van der Waals surface area contributed by atoms with Gasteiger partial charge in [-0.15, -0.1) is 0 Å². The van der Waals surface area contributed by atoms with E-state index in [2.05, 4.69) is 89.1 Å². The van der Waals surface area contributed by atoms with Gasteiger partial charge in [-0.25, -0.2) is 4.79 Å². The molecule has 1 aromatic carbocycles. The van der Waals surface area contributed by atoms with Crippen LogP contribution in [0.25, 0.3) is 0 Å². The van der Waals surface area contributed by atoms with Gasteiger partial charge in [0.2, 0.25) is 94.5 Å². The van der Waals surface area contributed by atoms with Crippen molar-refractivity contribution >= 4 is 126 Å². The average molecular weight is 1530 g/mol. The minimum absolute atomic E-state index is 0.194. The summed E-state index contributed by atoms with van der Waals surface area (Å²) in [6.45, 7) is 4.06. The minimum atomic E-state index is -1.99. The van der Waals surface area contributed by atoms with Crippen molar-refractivity contribution in [2.75, 3.05) is 57.6 Å². The molecular formula is C63H101N17O23S2. The summed E-state index contributed by atoms with van der Waals surface area (Å²) in [5.41, 5.74) is 16.5. The van der Waals surface area contributed by atoms with Gasteiger partial charge in [0.1, 0.15) is 84.3 Å². The number of carboxylic acid groups (broad SMARTS) is 1. The van der Waals surface area contributed by atoms with E-state index in [1.54, 1.807) is 41.5 Å². The van der Waals surface area contributed by atoms with Crippen molar-refractivity contribution in [3.8, 4) is 5.75 Å². The molecular weight excluding hydrogens is 1430 g/mol. The third-order valence-corrected chi connectivity index (χ3v) is 17.1. The molecule has 1 aromatic rings. The third-order valence-electron chi connectivity index (χ3n) is 16.4. The van der Waals surface area contributed by atoms with Gasteiger partial charge in [0.05, 0.1) is 39.5 Å². The summed E-state index contributed by atoms with van der Waals surface area (Å²) in [7, 11) is 0. The van der Waals surface area contributed by atoms with Crippen molar-refractivity contribution in [3.05, 3.63) is 29.8 Å². The Morgan fingerprint density at radius 1 is 0.505 bits per heavy atom. The van der Waals surface area contributed by atoms with Gasteiger partial charge in [-0.1, -0.05) is 60.1 Å². The standard InChI is InChI=1S/C63H101N17O23S2/c1-7-31(6)50(62(101)76-42(27-104)59(98)78-49(30(4)5)61(100)77-43(28-105)63(102)103)79-53(92)35(15-17-46(66)87)69-55(94)37(20-32-10-12-33(85)13-11-32)72-54(93)36(19-29(2)3)71-58(97)41(26-84)73-52(91)34(14-16-45(65)86)70-57(96)40(25-83)74-56(95)39(24-82)68-47(88)22-67-51(90)38(23-81)75-60(99)44-9-8-18-80(44)48(89)21-64/h10-13,29-31,34-44,49-50,81-85,104-105H,7-9,14-28,64H2,1-6H3,(H2,65,86)(H2,66,87)(H,67,90)(H,68,88)(H,69,94)(H,70,96)(H,71,97)(H,72,93)(H,73,91)(H,74,95)(H,75,99)(H,76,101)(H,77,100)(H,78,98)(H,79,92)(H,102,103)/t31-,34-,35-,36-,37-,38-,39-,40-,41-,42-,43-,44-,49-,50-/m0/s1. The van der Waals surface area contributed by atoms with E-state index < -0.39 is 255 Å². The fraction of sp³-hybridized carbons (Fsp3) is 0.635. The SMILES string of the molecule is CC[C@H](C)[C@H](NC(=O)[C@H](CCC(N)=O)NC(=O)[C@H](Cc1ccc(O)cc1)NC(=O)[C@H](CC(C)C)NC(=O)[C@H](CO)NC(=O)[C@H](CCC(N)=O)NC(=O)[C@H](CO)NC(=O)[C@H](CO)NC(=O)CNC(=O)[C@H](CO)NC(=O)[C@@H]1CCCN1C(=O)CN)C(=O)N[C@@H](CS)C(=O)N[C@H](C(=O)N[C@@H](CS)C(=O)O)C(C)C. The van der Waals surface area contributed by atoms with Gasteiger partial charge in [-0.05, 0) is 67.6 Å². The molecule has 1 heterocycles. The summed E-state index contributed by atoms with van der Waals surface area (Å²) in [5, 5.41) is 90.2. The molecule has 0 bridgehead atoms. The first-order chi connectivity index (χ1) is 49.4. The van der Waals surface area contributed by atoms with Crippen LogP contribution in [0.2, 0.25) is 0 Å². The number of hydrogen-bond donors (Lipinski definition) is 24. The summed E-state index contributed by atoms with van der Waals surface area (Å²) in [6, 6.07) is -15.6. The first kappa shape index (κ1) is 91.6. The van der Waals surface area contributed by atoms with Crippen LogP contribution in [0.15, 0.2) is 24.3 Å². The van der Waals surface area contributed by atoms with Gasteiger partial charge in [0.15, 0.2) is 0 Å². The summed E-state index contributed by atoms with van der Waals surface area (Å²) in [6.07, 6.45) is -1.93. The lowest BCUT2D eigenvalue weighted by Gasteiger charge is -2.30. The summed E-state index contributed by atoms with van der Waals surface area (Å²) in [4.78, 5) is 227. The van der Waals surface area contributed by atoms with Crippen molar-refractivity contribution in [2.24, 2.45) is 35.0 Å². The maximum atomic E-state index is 14.6. The highest BCUT2D eigenvalue weighted by atomic mass is 32.1. The number of benzene rings is 1. The average Bonchev–Trinajstić information content (AvgIpc) is 1.82. The van der Waals surface area contributed by atoms with Crippen molar-refractivity contribution in [3.63, 3.8) is 0 Å². The van der Waals surface area contributed by atoms with E-state index in [1.807, 2.05) is 5.32 Å². The number of aliphatic hydroxyl groups is 4. The lowest BCUT2D eigenvalue weighted by Crippen LogP contribution is -2.62. The second-order valence-electron chi connectivity index (χ2n) is 25.4. The predicted molar refractivity (Wildman–Crippen MR) is 376 cm³/mol. The molecule has 2 rings (SSSR count).